The number of morpholine rings is 1. The number of aldehydes is 1. The SMILES string of the molecule is COC(=O)N1CCOC(Cc2c(-c3c(F)cc(NC(=O)/C=C/C=O)cc3F)nc3cc(C)ccn23)C1. The van der Waals surface area contributed by atoms with Gasteiger partial charge < -0.3 is 24.1 Å². The van der Waals surface area contributed by atoms with Crippen molar-refractivity contribution >= 4 is 29.6 Å². The molecule has 4 rings (SSSR count). The molecule has 1 unspecified atom stereocenters. The quantitative estimate of drug-likeness (QED) is 0.413. The van der Waals surface area contributed by atoms with Gasteiger partial charge in [0.25, 0.3) is 0 Å². The Hall–Kier alpha value is -4.12. The van der Waals surface area contributed by atoms with E-state index in [0.717, 1.165) is 29.8 Å². The first-order chi connectivity index (χ1) is 17.3. The summed E-state index contributed by atoms with van der Waals surface area (Å²) in [5.41, 5.74) is 1.54. The van der Waals surface area contributed by atoms with Crippen LogP contribution in [0.15, 0.2) is 42.6 Å². The van der Waals surface area contributed by atoms with Crippen LogP contribution in [0.25, 0.3) is 16.9 Å². The number of carbonyl (C=O) groups excluding carboxylic acids is 3. The number of benzene rings is 1. The zero-order valence-corrected chi connectivity index (χ0v) is 19.7. The van der Waals surface area contributed by atoms with Crippen LogP contribution in [0.1, 0.15) is 11.3 Å². The van der Waals surface area contributed by atoms with Gasteiger partial charge in [-0.3, -0.25) is 9.59 Å². The van der Waals surface area contributed by atoms with Gasteiger partial charge in [0.15, 0.2) is 0 Å². The number of fused-ring (bicyclic) bond motifs is 1. The lowest BCUT2D eigenvalue weighted by Gasteiger charge is -2.32. The number of rotatable bonds is 6. The Morgan fingerprint density at radius 1 is 1.28 bits per heavy atom. The van der Waals surface area contributed by atoms with Gasteiger partial charge in [0.2, 0.25) is 5.91 Å². The predicted molar refractivity (Wildman–Crippen MR) is 127 cm³/mol. The van der Waals surface area contributed by atoms with Crippen LogP contribution in [-0.4, -0.2) is 65.5 Å². The second-order valence-corrected chi connectivity index (χ2v) is 8.25. The van der Waals surface area contributed by atoms with Gasteiger partial charge in [-0.2, -0.15) is 0 Å². The number of anilines is 1. The molecule has 0 spiro atoms. The van der Waals surface area contributed by atoms with Gasteiger partial charge in [0.05, 0.1) is 43.3 Å². The van der Waals surface area contributed by atoms with Crippen LogP contribution in [0.3, 0.4) is 0 Å². The molecule has 1 atom stereocenters. The first-order valence-corrected chi connectivity index (χ1v) is 11.1. The molecule has 11 heteroatoms. The van der Waals surface area contributed by atoms with E-state index in [1.165, 1.54) is 12.0 Å². The highest BCUT2D eigenvalue weighted by Crippen LogP contribution is 2.33. The number of pyridine rings is 1. The van der Waals surface area contributed by atoms with Crippen molar-refractivity contribution in [3.8, 4) is 11.3 Å². The third-order valence-electron chi connectivity index (χ3n) is 5.75. The molecule has 2 aromatic heterocycles. The average Bonchev–Trinajstić information content (AvgIpc) is 3.18. The minimum atomic E-state index is -0.924. The number of aryl methyl sites for hydroxylation is 1. The highest BCUT2D eigenvalue weighted by atomic mass is 19.1. The maximum absolute atomic E-state index is 15.3. The first-order valence-electron chi connectivity index (χ1n) is 11.1. The van der Waals surface area contributed by atoms with Gasteiger partial charge in [0, 0.05) is 30.9 Å². The lowest BCUT2D eigenvalue weighted by Crippen LogP contribution is -2.46. The molecule has 188 valence electrons. The van der Waals surface area contributed by atoms with Crippen LogP contribution >= 0.6 is 0 Å². The fourth-order valence-corrected chi connectivity index (χ4v) is 4.13. The van der Waals surface area contributed by atoms with E-state index in [1.807, 2.05) is 13.0 Å². The van der Waals surface area contributed by atoms with E-state index in [1.54, 1.807) is 16.7 Å². The van der Waals surface area contributed by atoms with E-state index >= 15 is 8.78 Å². The summed E-state index contributed by atoms with van der Waals surface area (Å²) < 4.78 is 42.9. The van der Waals surface area contributed by atoms with Gasteiger partial charge in [0.1, 0.15) is 23.6 Å². The van der Waals surface area contributed by atoms with Crippen molar-refractivity contribution in [1.29, 1.82) is 0 Å². The molecule has 1 aliphatic heterocycles. The Labute approximate surface area is 205 Å². The summed E-state index contributed by atoms with van der Waals surface area (Å²) in [6.07, 6.45) is 3.39. The lowest BCUT2D eigenvalue weighted by atomic mass is 10.0. The molecule has 0 saturated carbocycles. The molecule has 9 nitrogen and oxygen atoms in total. The summed E-state index contributed by atoms with van der Waals surface area (Å²) in [4.78, 5) is 40.2. The Kier molecular flexibility index (Phi) is 7.39. The largest absolute Gasteiger partial charge is 0.453 e. The standard InChI is InChI=1S/C25H24F2N4O5/c1-15-5-6-31-20(13-17-14-30(7-9-36-17)25(34)35-2)24(29-21(31)10-15)23-18(26)11-16(12-19(23)27)28-22(33)4-3-8-32/h3-6,8,10-12,17H,7,9,13-14H2,1-2H3,(H,28,33)/b4-3+. The number of aromatic nitrogens is 2. The van der Waals surface area contributed by atoms with Gasteiger partial charge in [-0.15, -0.1) is 0 Å². The molecule has 1 saturated heterocycles. The topological polar surface area (TPSA) is 102 Å². The average molecular weight is 498 g/mol. The Morgan fingerprint density at radius 2 is 2.03 bits per heavy atom. The van der Waals surface area contributed by atoms with Gasteiger partial charge in [-0.1, -0.05) is 0 Å². The first kappa shape index (κ1) is 25.0. The van der Waals surface area contributed by atoms with Crippen molar-refractivity contribution in [1.82, 2.24) is 14.3 Å². The number of amides is 2. The molecule has 36 heavy (non-hydrogen) atoms. The molecule has 1 N–H and O–H groups in total. The van der Waals surface area contributed by atoms with Gasteiger partial charge in [-0.25, -0.2) is 18.6 Å². The van der Waals surface area contributed by atoms with Crippen LogP contribution in [0, 0.1) is 18.6 Å². The highest BCUT2D eigenvalue weighted by Gasteiger charge is 2.29. The third kappa shape index (κ3) is 5.25. The smallest absolute Gasteiger partial charge is 0.409 e. The van der Waals surface area contributed by atoms with E-state index in [2.05, 4.69) is 10.3 Å². The fraction of sp³-hybridized carbons (Fsp3) is 0.280. The maximum atomic E-state index is 15.3. The normalized spacial score (nSPS) is 15.9. The zero-order valence-electron chi connectivity index (χ0n) is 19.7. The number of ether oxygens (including phenoxy) is 2. The Morgan fingerprint density at radius 3 is 2.72 bits per heavy atom. The molecule has 2 amide bonds. The monoisotopic (exact) mass is 498 g/mol. The number of carbonyl (C=O) groups is 3. The minimum Gasteiger partial charge on any atom is -0.453 e. The van der Waals surface area contributed by atoms with Crippen molar-refractivity contribution in [2.75, 3.05) is 32.1 Å². The molecule has 1 fully saturated rings. The Bertz CT molecular complexity index is 1330. The lowest BCUT2D eigenvalue weighted by molar-refractivity contribution is -0.112. The van der Waals surface area contributed by atoms with E-state index in [0.29, 0.717) is 30.8 Å². The van der Waals surface area contributed by atoms with Crippen molar-refractivity contribution in [2.45, 2.75) is 19.4 Å². The molecular weight excluding hydrogens is 474 g/mol. The number of methoxy groups -OCH3 is 1. The van der Waals surface area contributed by atoms with Crippen LogP contribution in [0.5, 0.6) is 0 Å². The predicted octanol–water partition coefficient (Wildman–Crippen LogP) is 3.29. The fourth-order valence-electron chi connectivity index (χ4n) is 4.13. The third-order valence-corrected chi connectivity index (χ3v) is 5.75. The van der Waals surface area contributed by atoms with Crippen molar-refractivity contribution in [3.05, 3.63) is 65.5 Å². The van der Waals surface area contributed by atoms with Crippen molar-refractivity contribution < 1.29 is 32.6 Å². The van der Waals surface area contributed by atoms with Crippen molar-refractivity contribution in [2.24, 2.45) is 0 Å². The Balaban J connectivity index is 1.73. The summed E-state index contributed by atoms with van der Waals surface area (Å²) in [7, 11) is 1.30. The van der Waals surface area contributed by atoms with Crippen LogP contribution in [0.4, 0.5) is 19.3 Å². The number of imidazole rings is 1. The molecule has 0 bridgehead atoms. The van der Waals surface area contributed by atoms with Crippen LogP contribution in [-0.2, 0) is 25.5 Å². The second kappa shape index (κ2) is 10.6. The molecule has 3 aromatic rings. The van der Waals surface area contributed by atoms with Crippen LogP contribution in [0.2, 0.25) is 0 Å². The molecule has 0 radical (unpaired) electrons. The van der Waals surface area contributed by atoms with Crippen molar-refractivity contribution in [3.63, 3.8) is 0 Å². The highest BCUT2D eigenvalue weighted by molar-refractivity contribution is 6.01. The van der Waals surface area contributed by atoms with E-state index in [4.69, 9.17) is 9.47 Å². The van der Waals surface area contributed by atoms with Gasteiger partial charge in [-0.05, 0) is 42.8 Å². The zero-order chi connectivity index (χ0) is 25.8. The number of hydrogen-bond donors (Lipinski definition) is 1. The van der Waals surface area contributed by atoms with E-state index < -0.39 is 29.7 Å². The summed E-state index contributed by atoms with van der Waals surface area (Å²) in [5, 5.41) is 2.31. The van der Waals surface area contributed by atoms with E-state index in [-0.39, 0.29) is 29.9 Å². The summed E-state index contributed by atoms with van der Waals surface area (Å²) >= 11 is 0. The summed E-state index contributed by atoms with van der Waals surface area (Å²) in [6, 6.07) is 5.61. The number of halogens is 2. The number of allylic oxidation sites excluding steroid dienone is 1. The van der Waals surface area contributed by atoms with E-state index in [9.17, 15) is 14.4 Å². The summed E-state index contributed by atoms with van der Waals surface area (Å²) in [6.45, 7) is 2.79. The molecule has 1 aliphatic rings. The minimum absolute atomic E-state index is 0.0909. The molecular formula is C25H24F2N4O5. The van der Waals surface area contributed by atoms with Gasteiger partial charge >= 0.3 is 6.09 Å². The number of nitrogens with zero attached hydrogens (tertiary/aromatic N) is 3. The molecule has 3 heterocycles. The molecule has 1 aromatic carbocycles. The summed E-state index contributed by atoms with van der Waals surface area (Å²) in [5.74, 6) is -2.55. The number of hydrogen-bond acceptors (Lipinski definition) is 6. The second-order valence-electron chi connectivity index (χ2n) is 8.25. The number of nitrogens with one attached hydrogen (secondary N) is 1. The van der Waals surface area contributed by atoms with Crippen LogP contribution < -0.4 is 5.32 Å². The maximum Gasteiger partial charge on any atom is 0.409 e. The molecule has 0 aliphatic carbocycles.